The van der Waals surface area contributed by atoms with Crippen molar-refractivity contribution in [3.05, 3.63) is 47.8 Å². The highest BCUT2D eigenvalue weighted by molar-refractivity contribution is 6.00. The van der Waals surface area contributed by atoms with E-state index in [0.29, 0.717) is 40.9 Å². The first-order valence-corrected chi connectivity index (χ1v) is 10.2. The van der Waals surface area contributed by atoms with Crippen LogP contribution >= 0.6 is 0 Å². The van der Waals surface area contributed by atoms with E-state index in [9.17, 15) is 4.79 Å². The van der Waals surface area contributed by atoms with Gasteiger partial charge in [-0.3, -0.25) is 9.89 Å². The highest BCUT2D eigenvalue weighted by atomic mass is 16.5. The van der Waals surface area contributed by atoms with E-state index >= 15 is 0 Å². The summed E-state index contributed by atoms with van der Waals surface area (Å²) in [7, 11) is 1.54. The lowest BCUT2D eigenvalue weighted by atomic mass is 9.99. The third-order valence-electron chi connectivity index (χ3n) is 5.64. The molecule has 0 bridgehead atoms. The molecule has 162 valence electrons. The minimum Gasteiger partial charge on any atom is -0.481 e. The number of ether oxygens (including phenoxy) is 2. The number of pyridine rings is 2. The molecular weight excluding hydrogens is 396 g/mol. The number of amides is 1. The zero-order valence-corrected chi connectivity index (χ0v) is 17.8. The molecule has 0 spiro atoms. The average Bonchev–Trinajstić information content (AvgIpc) is 3.32. The van der Waals surface area contributed by atoms with Gasteiger partial charge >= 0.3 is 0 Å². The van der Waals surface area contributed by atoms with Crippen molar-refractivity contribution in [3.8, 4) is 23.1 Å². The average molecular weight is 422 g/mol. The van der Waals surface area contributed by atoms with E-state index in [1.807, 2.05) is 18.7 Å². The van der Waals surface area contributed by atoms with Crippen LogP contribution in [0.2, 0.25) is 0 Å². The molecule has 9 heteroatoms. The topological polar surface area (TPSA) is 119 Å². The minimum atomic E-state index is -0.171. The molecule has 9 nitrogen and oxygen atoms in total. The van der Waals surface area contributed by atoms with Crippen LogP contribution in [-0.2, 0) is 0 Å². The summed E-state index contributed by atoms with van der Waals surface area (Å²) in [5, 5.41) is 6.87. The third kappa shape index (κ3) is 4.16. The molecule has 3 aromatic heterocycles. The molecular formula is C22H26N6O3. The van der Waals surface area contributed by atoms with Crippen LogP contribution in [0, 0.1) is 6.92 Å². The second-order valence-electron chi connectivity index (χ2n) is 7.67. The monoisotopic (exact) mass is 422 g/mol. The first-order valence-electron chi connectivity index (χ1n) is 10.2. The second-order valence-corrected chi connectivity index (χ2v) is 7.67. The maximum absolute atomic E-state index is 13.6. The number of nitrogens with one attached hydrogen (secondary N) is 1. The number of hydrogen-bond donors (Lipinski definition) is 2. The van der Waals surface area contributed by atoms with E-state index in [2.05, 4.69) is 20.2 Å². The van der Waals surface area contributed by atoms with Gasteiger partial charge in [-0.2, -0.15) is 5.10 Å². The second kappa shape index (κ2) is 8.63. The summed E-state index contributed by atoms with van der Waals surface area (Å²) in [5.41, 5.74) is 9.06. The smallest absolute Gasteiger partial charge is 0.256 e. The Morgan fingerprint density at radius 1 is 1.23 bits per heavy atom. The lowest BCUT2D eigenvalue weighted by molar-refractivity contribution is 0.0371. The van der Waals surface area contributed by atoms with Crippen molar-refractivity contribution in [1.29, 1.82) is 0 Å². The molecule has 4 heterocycles. The zero-order chi connectivity index (χ0) is 22.0. The van der Waals surface area contributed by atoms with Crippen LogP contribution < -0.4 is 15.2 Å². The van der Waals surface area contributed by atoms with Crippen LogP contribution in [-0.4, -0.2) is 56.8 Å². The van der Waals surface area contributed by atoms with E-state index in [-0.39, 0.29) is 18.1 Å². The normalized spacial score (nSPS) is 18.6. The maximum atomic E-state index is 13.6. The lowest BCUT2D eigenvalue weighted by Crippen LogP contribution is -2.49. The number of carbonyl (C=O) groups is 1. The van der Waals surface area contributed by atoms with E-state index in [1.165, 1.54) is 0 Å². The van der Waals surface area contributed by atoms with Crippen molar-refractivity contribution in [2.24, 2.45) is 0 Å². The number of nitrogens with zero attached hydrogens (tertiary/aromatic N) is 4. The van der Waals surface area contributed by atoms with Crippen LogP contribution in [0.5, 0.6) is 11.8 Å². The first kappa shape index (κ1) is 20.6. The summed E-state index contributed by atoms with van der Waals surface area (Å²) in [6.07, 6.45) is 4.73. The molecule has 1 amide bonds. The number of carbonyl (C=O) groups excluding carboxylic acids is 1. The Labute approximate surface area is 180 Å². The third-order valence-corrected chi connectivity index (χ3v) is 5.64. The van der Waals surface area contributed by atoms with E-state index < -0.39 is 0 Å². The molecule has 0 aliphatic carbocycles. The summed E-state index contributed by atoms with van der Waals surface area (Å²) >= 11 is 0. The van der Waals surface area contributed by atoms with E-state index in [1.54, 1.807) is 43.8 Å². The number of aromatic amines is 1. The predicted molar refractivity (Wildman–Crippen MR) is 116 cm³/mol. The number of piperidine rings is 1. The summed E-state index contributed by atoms with van der Waals surface area (Å²) in [5.74, 6) is 0.825. The van der Waals surface area contributed by atoms with Crippen LogP contribution in [0.25, 0.3) is 11.4 Å². The van der Waals surface area contributed by atoms with Crippen molar-refractivity contribution in [3.63, 3.8) is 0 Å². The van der Waals surface area contributed by atoms with Gasteiger partial charge in [0.15, 0.2) is 0 Å². The fourth-order valence-corrected chi connectivity index (χ4v) is 3.74. The SMILES string of the molecule is COc1ccc(C(=O)N2CC(Oc3nccc(N)c3C)CCC2C)c(-c2ccn[nH]2)n1. The van der Waals surface area contributed by atoms with Crippen molar-refractivity contribution in [2.75, 3.05) is 19.4 Å². The molecule has 3 aromatic rings. The van der Waals surface area contributed by atoms with Gasteiger partial charge in [-0.15, -0.1) is 0 Å². The van der Waals surface area contributed by atoms with Crippen LogP contribution in [0.3, 0.4) is 0 Å². The van der Waals surface area contributed by atoms with Gasteiger partial charge in [0, 0.05) is 35.8 Å². The summed E-state index contributed by atoms with van der Waals surface area (Å²) < 4.78 is 11.4. The minimum absolute atomic E-state index is 0.0685. The van der Waals surface area contributed by atoms with Crippen molar-refractivity contribution in [1.82, 2.24) is 25.1 Å². The quantitative estimate of drug-likeness (QED) is 0.649. The molecule has 2 unspecified atom stereocenters. The Bertz CT molecular complexity index is 1070. The van der Waals surface area contributed by atoms with Gasteiger partial charge in [0.25, 0.3) is 5.91 Å². The molecule has 1 saturated heterocycles. The Kier molecular flexibility index (Phi) is 5.75. The lowest BCUT2D eigenvalue weighted by Gasteiger charge is -2.38. The van der Waals surface area contributed by atoms with Gasteiger partial charge in [-0.25, -0.2) is 9.97 Å². The summed E-state index contributed by atoms with van der Waals surface area (Å²) in [4.78, 5) is 24.2. The largest absolute Gasteiger partial charge is 0.481 e. The zero-order valence-electron chi connectivity index (χ0n) is 17.8. The number of hydrogen-bond acceptors (Lipinski definition) is 7. The Balaban J connectivity index is 1.60. The summed E-state index contributed by atoms with van der Waals surface area (Å²) in [6.45, 7) is 4.38. The number of H-pyrrole nitrogens is 1. The Morgan fingerprint density at radius 3 is 2.81 bits per heavy atom. The van der Waals surface area contributed by atoms with Crippen molar-refractivity contribution >= 4 is 11.6 Å². The van der Waals surface area contributed by atoms with Gasteiger partial charge < -0.3 is 20.1 Å². The molecule has 0 saturated carbocycles. The number of nitrogens with two attached hydrogens (primary N) is 1. The van der Waals surface area contributed by atoms with E-state index in [4.69, 9.17) is 15.2 Å². The number of anilines is 1. The molecule has 1 fully saturated rings. The van der Waals surface area contributed by atoms with Gasteiger partial charge in [0.2, 0.25) is 11.8 Å². The standard InChI is InChI=1S/C22H26N6O3/c1-13-4-5-15(31-21-14(2)17(23)8-10-24-21)12-28(13)22(29)16-6-7-19(30-3)26-20(16)18-9-11-25-27-18/h6-11,13,15H,4-5,12H2,1-3H3,(H2,23,24)(H,25,27). The highest BCUT2D eigenvalue weighted by Gasteiger charge is 2.33. The number of rotatable bonds is 5. The number of nitrogen functional groups attached to an aromatic ring is 1. The fraction of sp³-hybridized carbons (Fsp3) is 0.364. The Hall–Kier alpha value is -3.62. The molecule has 3 N–H and O–H groups in total. The van der Waals surface area contributed by atoms with Gasteiger partial charge in [0.05, 0.1) is 24.9 Å². The molecule has 4 rings (SSSR count). The molecule has 0 aromatic carbocycles. The molecule has 2 atom stereocenters. The molecule has 31 heavy (non-hydrogen) atoms. The fourth-order valence-electron chi connectivity index (χ4n) is 3.74. The molecule has 1 aliphatic heterocycles. The van der Waals surface area contributed by atoms with Gasteiger partial charge in [-0.1, -0.05) is 0 Å². The molecule has 1 aliphatic rings. The number of methoxy groups -OCH3 is 1. The van der Waals surface area contributed by atoms with Crippen LogP contribution in [0.1, 0.15) is 35.7 Å². The number of likely N-dealkylation sites (tertiary alicyclic amines) is 1. The first-order chi connectivity index (χ1) is 15.0. The maximum Gasteiger partial charge on any atom is 0.256 e. The molecule has 0 radical (unpaired) electrons. The highest BCUT2D eigenvalue weighted by Crippen LogP contribution is 2.29. The van der Waals surface area contributed by atoms with Crippen LogP contribution in [0.4, 0.5) is 5.69 Å². The van der Waals surface area contributed by atoms with Gasteiger partial charge in [0.1, 0.15) is 11.8 Å². The van der Waals surface area contributed by atoms with Crippen LogP contribution in [0.15, 0.2) is 36.7 Å². The van der Waals surface area contributed by atoms with Crippen molar-refractivity contribution in [2.45, 2.75) is 38.8 Å². The number of aromatic nitrogens is 4. The Morgan fingerprint density at radius 2 is 2.06 bits per heavy atom. The predicted octanol–water partition coefficient (Wildman–Crippen LogP) is 2.84. The van der Waals surface area contributed by atoms with E-state index in [0.717, 1.165) is 18.4 Å². The van der Waals surface area contributed by atoms with Crippen molar-refractivity contribution < 1.29 is 14.3 Å². The van der Waals surface area contributed by atoms with Gasteiger partial charge in [-0.05, 0) is 44.9 Å². The summed E-state index contributed by atoms with van der Waals surface area (Å²) in [6, 6.07) is 7.02.